The number of hydrogen-bond acceptors (Lipinski definition) is 2. The van der Waals surface area contributed by atoms with Gasteiger partial charge in [-0.2, -0.15) is 5.26 Å². The van der Waals surface area contributed by atoms with Crippen LogP contribution < -0.4 is 4.74 Å². The molecule has 1 aliphatic heterocycles. The van der Waals surface area contributed by atoms with Crippen LogP contribution in [0.3, 0.4) is 0 Å². The van der Waals surface area contributed by atoms with Crippen molar-refractivity contribution < 1.29 is 9.13 Å². The lowest BCUT2D eigenvalue weighted by atomic mass is 9.63. The molecule has 0 radical (unpaired) electrons. The Hall–Kier alpha value is -6.44. The Balaban J connectivity index is 1.27. The van der Waals surface area contributed by atoms with E-state index in [2.05, 4.69) is 126 Å². The first-order chi connectivity index (χ1) is 23.6. The molecule has 226 valence electrons. The van der Waals surface area contributed by atoms with Crippen LogP contribution in [-0.4, -0.2) is 4.57 Å². The normalized spacial score (nSPS) is 13.0. The van der Waals surface area contributed by atoms with Crippen LogP contribution in [0.2, 0.25) is 0 Å². The molecular formula is C44H27FN2O. The first-order valence-electron chi connectivity index (χ1n) is 15.9. The van der Waals surface area contributed by atoms with E-state index in [1.54, 1.807) is 12.1 Å². The third kappa shape index (κ3) is 4.11. The lowest BCUT2D eigenvalue weighted by Gasteiger charge is -2.41. The quantitative estimate of drug-likeness (QED) is 0.197. The Morgan fingerprint density at radius 1 is 0.542 bits per heavy atom. The molecule has 0 N–H and O–H groups in total. The van der Waals surface area contributed by atoms with Gasteiger partial charge >= 0.3 is 0 Å². The number of nitriles is 1. The van der Waals surface area contributed by atoms with E-state index in [0.29, 0.717) is 5.56 Å². The zero-order valence-corrected chi connectivity index (χ0v) is 25.8. The standard InChI is InChI=1S/C44H27FN2O/c45-34-18-20-35(21-19-34)47-40-23-15-29(28-46)25-36(40)37-26-30(17-24-41(37)47)31-16-22-39-43(27-31)48-42-14-8-7-13-38(42)44(39,32-9-3-1-4-10-32)33-11-5-2-6-12-33/h1-27H. The van der Waals surface area contributed by atoms with Gasteiger partial charge in [0.25, 0.3) is 0 Å². The van der Waals surface area contributed by atoms with E-state index in [9.17, 15) is 9.65 Å². The number of nitrogens with zero attached hydrogens (tertiary/aromatic N) is 2. The van der Waals surface area contributed by atoms with Crippen molar-refractivity contribution in [1.29, 1.82) is 5.26 Å². The molecule has 0 saturated heterocycles. The number of para-hydroxylation sites is 1. The van der Waals surface area contributed by atoms with E-state index in [-0.39, 0.29) is 5.82 Å². The minimum atomic E-state index is -0.578. The molecule has 0 saturated carbocycles. The van der Waals surface area contributed by atoms with Gasteiger partial charge < -0.3 is 9.30 Å². The summed E-state index contributed by atoms with van der Waals surface area (Å²) in [5, 5.41) is 11.7. The molecule has 9 rings (SSSR count). The van der Waals surface area contributed by atoms with Crippen molar-refractivity contribution in [2.75, 3.05) is 0 Å². The Morgan fingerprint density at radius 2 is 1.12 bits per heavy atom. The fraction of sp³-hybridized carbons (Fsp3) is 0.0227. The second kappa shape index (κ2) is 10.8. The van der Waals surface area contributed by atoms with Gasteiger partial charge in [-0.3, -0.25) is 0 Å². The van der Waals surface area contributed by atoms with Gasteiger partial charge in [0.1, 0.15) is 17.3 Å². The van der Waals surface area contributed by atoms with Gasteiger partial charge in [-0.1, -0.05) is 97.1 Å². The second-order valence-electron chi connectivity index (χ2n) is 12.2. The smallest absolute Gasteiger partial charge is 0.132 e. The summed E-state index contributed by atoms with van der Waals surface area (Å²) in [5.74, 6) is 1.35. The molecular weight excluding hydrogens is 591 g/mol. The van der Waals surface area contributed by atoms with E-state index in [1.165, 1.54) is 23.3 Å². The number of halogens is 1. The van der Waals surface area contributed by atoms with Crippen molar-refractivity contribution in [2.45, 2.75) is 5.41 Å². The van der Waals surface area contributed by atoms with Gasteiger partial charge in [0.15, 0.2) is 0 Å². The van der Waals surface area contributed by atoms with Gasteiger partial charge in [-0.25, -0.2) is 4.39 Å². The van der Waals surface area contributed by atoms with E-state index >= 15 is 0 Å². The molecule has 0 aliphatic carbocycles. The highest BCUT2D eigenvalue weighted by molar-refractivity contribution is 6.11. The first-order valence-corrected chi connectivity index (χ1v) is 15.9. The van der Waals surface area contributed by atoms with Crippen LogP contribution >= 0.6 is 0 Å². The number of benzene rings is 7. The van der Waals surface area contributed by atoms with E-state index in [1.807, 2.05) is 24.3 Å². The number of hydrogen-bond donors (Lipinski definition) is 0. The molecule has 0 bridgehead atoms. The molecule has 4 heteroatoms. The van der Waals surface area contributed by atoms with Crippen molar-refractivity contribution in [3.05, 3.63) is 197 Å². The molecule has 8 aromatic rings. The molecule has 0 spiro atoms. The number of ether oxygens (including phenoxy) is 1. The lowest BCUT2D eigenvalue weighted by Crippen LogP contribution is -2.34. The van der Waals surface area contributed by atoms with Crippen LogP contribution in [0.25, 0.3) is 38.6 Å². The minimum Gasteiger partial charge on any atom is -0.457 e. The fourth-order valence-electron chi connectivity index (χ4n) is 7.53. The Labute approximate surface area is 277 Å². The van der Waals surface area contributed by atoms with Gasteiger partial charge in [-0.15, -0.1) is 0 Å². The maximum absolute atomic E-state index is 13.9. The SMILES string of the molecule is N#Cc1ccc2c(c1)c1cc(-c3ccc4c(c3)Oc3ccccc3C4(c3ccccc3)c3ccccc3)ccc1n2-c1ccc(F)cc1. The Bertz CT molecular complexity index is 2510. The van der Waals surface area contributed by atoms with E-state index < -0.39 is 5.41 Å². The summed E-state index contributed by atoms with van der Waals surface area (Å²) in [7, 11) is 0. The van der Waals surface area contributed by atoms with E-state index in [4.69, 9.17) is 4.74 Å². The first kappa shape index (κ1) is 27.8. The summed E-state index contributed by atoms with van der Waals surface area (Å²) in [6, 6.07) is 57.1. The lowest BCUT2D eigenvalue weighted by molar-refractivity contribution is 0.435. The van der Waals surface area contributed by atoms with Gasteiger partial charge in [-0.05, 0) is 89.0 Å². The summed E-state index contributed by atoms with van der Waals surface area (Å²) < 4.78 is 22.7. The van der Waals surface area contributed by atoms with E-state index in [0.717, 1.165) is 61.2 Å². The summed E-state index contributed by atoms with van der Waals surface area (Å²) in [5.41, 5.74) is 9.36. The van der Waals surface area contributed by atoms with Gasteiger partial charge in [0, 0.05) is 27.6 Å². The average molecular weight is 619 g/mol. The largest absolute Gasteiger partial charge is 0.457 e. The maximum atomic E-state index is 13.9. The average Bonchev–Trinajstić information content (AvgIpc) is 3.47. The van der Waals surface area contributed by atoms with Crippen molar-refractivity contribution >= 4 is 21.8 Å². The Morgan fingerprint density at radius 3 is 1.83 bits per heavy atom. The summed E-state index contributed by atoms with van der Waals surface area (Å²) in [4.78, 5) is 0. The van der Waals surface area contributed by atoms with Crippen LogP contribution in [0.1, 0.15) is 27.8 Å². The van der Waals surface area contributed by atoms with Crippen LogP contribution in [0, 0.1) is 17.1 Å². The molecule has 1 aromatic heterocycles. The zero-order chi connectivity index (χ0) is 32.2. The van der Waals surface area contributed by atoms with Gasteiger partial charge in [0.2, 0.25) is 0 Å². The molecule has 48 heavy (non-hydrogen) atoms. The van der Waals surface area contributed by atoms with Crippen LogP contribution in [0.5, 0.6) is 11.5 Å². The highest BCUT2D eigenvalue weighted by atomic mass is 19.1. The van der Waals surface area contributed by atoms with Crippen LogP contribution in [-0.2, 0) is 5.41 Å². The zero-order valence-electron chi connectivity index (χ0n) is 25.8. The molecule has 0 unspecified atom stereocenters. The predicted molar refractivity (Wildman–Crippen MR) is 189 cm³/mol. The molecule has 0 fully saturated rings. The summed E-state index contributed by atoms with van der Waals surface area (Å²) >= 11 is 0. The summed E-state index contributed by atoms with van der Waals surface area (Å²) in [6.07, 6.45) is 0. The highest BCUT2D eigenvalue weighted by Gasteiger charge is 2.45. The minimum absolute atomic E-state index is 0.283. The van der Waals surface area contributed by atoms with Crippen molar-refractivity contribution in [2.24, 2.45) is 0 Å². The Kier molecular flexibility index (Phi) is 6.28. The third-order valence-electron chi connectivity index (χ3n) is 9.62. The predicted octanol–water partition coefficient (Wildman–Crippen LogP) is 10.9. The van der Waals surface area contributed by atoms with Crippen LogP contribution in [0.15, 0.2) is 164 Å². The molecule has 2 heterocycles. The topological polar surface area (TPSA) is 37.9 Å². The number of aromatic nitrogens is 1. The molecule has 7 aromatic carbocycles. The molecule has 0 amide bonds. The van der Waals surface area contributed by atoms with Gasteiger partial charge in [0.05, 0.1) is 28.1 Å². The molecule has 1 aliphatic rings. The molecule has 3 nitrogen and oxygen atoms in total. The molecule has 0 atom stereocenters. The van der Waals surface area contributed by atoms with Crippen molar-refractivity contribution in [3.8, 4) is 34.4 Å². The highest BCUT2D eigenvalue weighted by Crippen LogP contribution is 2.55. The maximum Gasteiger partial charge on any atom is 0.132 e. The van der Waals surface area contributed by atoms with Crippen molar-refractivity contribution in [1.82, 2.24) is 4.57 Å². The van der Waals surface area contributed by atoms with Crippen molar-refractivity contribution in [3.63, 3.8) is 0 Å². The number of rotatable bonds is 4. The summed E-state index contributed by atoms with van der Waals surface area (Å²) in [6.45, 7) is 0. The fourth-order valence-corrected chi connectivity index (χ4v) is 7.53. The monoisotopic (exact) mass is 618 g/mol. The number of fused-ring (bicyclic) bond motifs is 5. The third-order valence-corrected chi connectivity index (χ3v) is 9.62. The second-order valence-corrected chi connectivity index (χ2v) is 12.2. The van der Waals surface area contributed by atoms with Crippen LogP contribution in [0.4, 0.5) is 4.39 Å².